The largest absolute Gasteiger partial charge is 0.347 e. The van der Waals surface area contributed by atoms with E-state index in [1.807, 2.05) is 13.8 Å². The van der Waals surface area contributed by atoms with Crippen molar-refractivity contribution in [1.29, 1.82) is 0 Å². The molecule has 0 saturated carbocycles. The second-order valence-electron chi connectivity index (χ2n) is 4.40. The van der Waals surface area contributed by atoms with E-state index in [-0.39, 0.29) is 11.9 Å². The number of nitrogens with two attached hydrogens (primary N) is 1. The lowest BCUT2D eigenvalue weighted by atomic mass is 10.1. The molecule has 2 rings (SSSR count). The van der Waals surface area contributed by atoms with E-state index in [0.717, 1.165) is 12.1 Å². The molecule has 7 nitrogen and oxygen atoms in total. The van der Waals surface area contributed by atoms with Gasteiger partial charge in [0.15, 0.2) is 0 Å². The van der Waals surface area contributed by atoms with Gasteiger partial charge in [-0.25, -0.2) is 15.8 Å². The van der Waals surface area contributed by atoms with Crippen molar-refractivity contribution in [2.45, 2.75) is 26.3 Å². The molecule has 20 heavy (non-hydrogen) atoms. The van der Waals surface area contributed by atoms with Gasteiger partial charge in [-0.15, -0.1) is 0 Å². The van der Waals surface area contributed by atoms with Crippen LogP contribution in [0.4, 0.5) is 5.82 Å². The first-order valence-corrected chi connectivity index (χ1v) is 6.41. The number of hydrogen-bond acceptors (Lipinski definition) is 5. The van der Waals surface area contributed by atoms with Crippen LogP contribution >= 0.6 is 0 Å². The van der Waals surface area contributed by atoms with Crippen molar-refractivity contribution in [1.82, 2.24) is 20.3 Å². The van der Waals surface area contributed by atoms with Gasteiger partial charge in [0.2, 0.25) is 0 Å². The maximum absolute atomic E-state index is 12.2. The molecule has 2 heterocycles. The highest BCUT2D eigenvalue weighted by molar-refractivity contribution is 5.95. The van der Waals surface area contributed by atoms with E-state index >= 15 is 0 Å². The molecule has 0 aliphatic rings. The Morgan fingerprint density at radius 2 is 2.30 bits per heavy atom. The number of nitrogen functional groups attached to an aromatic ring is 1. The molecule has 0 radical (unpaired) electrons. The van der Waals surface area contributed by atoms with Crippen molar-refractivity contribution in [2.75, 3.05) is 5.43 Å². The summed E-state index contributed by atoms with van der Waals surface area (Å²) in [6.45, 7) is 3.83. The Bertz CT molecular complexity index is 558. The number of nitrogens with one attached hydrogen (secondary N) is 3. The summed E-state index contributed by atoms with van der Waals surface area (Å²) >= 11 is 0. The fourth-order valence-corrected chi connectivity index (χ4v) is 1.84. The molecule has 0 aromatic carbocycles. The third-order valence-electron chi connectivity index (χ3n) is 2.93. The number of hydrazine groups is 1. The number of H-pyrrole nitrogens is 1. The van der Waals surface area contributed by atoms with Crippen LogP contribution in [0.1, 0.15) is 41.8 Å². The van der Waals surface area contributed by atoms with Crippen LogP contribution in [-0.4, -0.2) is 20.9 Å². The fourth-order valence-electron chi connectivity index (χ4n) is 1.84. The van der Waals surface area contributed by atoms with Crippen LogP contribution in [-0.2, 0) is 6.42 Å². The topological polar surface area (TPSA) is 109 Å². The first-order chi connectivity index (χ1) is 9.63. The molecule has 0 saturated heterocycles. The van der Waals surface area contributed by atoms with E-state index in [0.29, 0.717) is 17.2 Å². The van der Waals surface area contributed by atoms with Crippen molar-refractivity contribution in [3.05, 3.63) is 41.6 Å². The zero-order chi connectivity index (χ0) is 14.5. The van der Waals surface area contributed by atoms with Gasteiger partial charge in [0.25, 0.3) is 5.91 Å². The molecule has 1 atom stereocenters. The van der Waals surface area contributed by atoms with Crippen LogP contribution in [0, 0.1) is 0 Å². The summed E-state index contributed by atoms with van der Waals surface area (Å²) in [5.74, 6) is 6.35. The van der Waals surface area contributed by atoms with Gasteiger partial charge < -0.3 is 15.7 Å². The predicted octanol–water partition coefficient (Wildman–Crippen LogP) is 1.14. The number of nitrogens with zero attached hydrogens (tertiary/aromatic N) is 2. The number of rotatable bonds is 5. The number of anilines is 1. The summed E-state index contributed by atoms with van der Waals surface area (Å²) in [5.41, 5.74) is 3.79. The number of hydrogen-bond donors (Lipinski definition) is 4. The van der Waals surface area contributed by atoms with Crippen molar-refractivity contribution < 1.29 is 4.79 Å². The first-order valence-electron chi connectivity index (χ1n) is 6.41. The van der Waals surface area contributed by atoms with Gasteiger partial charge in [-0.1, -0.05) is 6.92 Å². The molecule has 1 unspecified atom stereocenters. The van der Waals surface area contributed by atoms with Gasteiger partial charge >= 0.3 is 0 Å². The molecule has 0 aliphatic carbocycles. The number of imidazole rings is 1. The minimum atomic E-state index is -0.204. The van der Waals surface area contributed by atoms with Crippen molar-refractivity contribution >= 4 is 11.7 Å². The summed E-state index contributed by atoms with van der Waals surface area (Å²) in [6, 6.07) is 3.17. The average Bonchev–Trinajstić information content (AvgIpc) is 3.00. The van der Waals surface area contributed by atoms with Gasteiger partial charge in [-0.05, 0) is 25.5 Å². The van der Waals surface area contributed by atoms with Crippen LogP contribution in [0.2, 0.25) is 0 Å². The van der Waals surface area contributed by atoms with Crippen LogP contribution < -0.4 is 16.6 Å². The summed E-state index contributed by atoms with van der Waals surface area (Å²) in [7, 11) is 0. The summed E-state index contributed by atoms with van der Waals surface area (Å²) in [4.78, 5) is 23.6. The third kappa shape index (κ3) is 3.12. The lowest BCUT2D eigenvalue weighted by Crippen LogP contribution is -2.27. The van der Waals surface area contributed by atoms with Gasteiger partial charge in [0.05, 0.1) is 6.04 Å². The Kier molecular flexibility index (Phi) is 4.31. The molecule has 5 N–H and O–H groups in total. The first kappa shape index (κ1) is 14.0. The third-order valence-corrected chi connectivity index (χ3v) is 2.93. The lowest BCUT2D eigenvalue weighted by Gasteiger charge is -2.12. The Balaban J connectivity index is 2.16. The minimum absolute atomic E-state index is 0.192. The highest BCUT2D eigenvalue weighted by Crippen LogP contribution is 2.12. The zero-order valence-corrected chi connectivity index (χ0v) is 11.5. The molecule has 7 heteroatoms. The van der Waals surface area contributed by atoms with Crippen LogP contribution in [0.25, 0.3) is 0 Å². The van der Waals surface area contributed by atoms with Gasteiger partial charge in [0.1, 0.15) is 11.6 Å². The Labute approximate surface area is 117 Å². The fraction of sp³-hybridized carbons (Fsp3) is 0.308. The summed E-state index contributed by atoms with van der Waals surface area (Å²) < 4.78 is 0. The molecule has 2 aromatic heterocycles. The van der Waals surface area contributed by atoms with Crippen LogP contribution in [0.3, 0.4) is 0 Å². The van der Waals surface area contributed by atoms with Gasteiger partial charge in [0, 0.05) is 23.7 Å². The number of carbonyl (C=O) groups excluding carboxylic acids is 1. The van der Waals surface area contributed by atoms with E-state index in [9.17, 15) is 4.79 Å². The van der Waals surface area contributed by atoms with E-state index in [4.69, 9.17) is 5.84 Å². The molecule has 0 fully saturated rings. The highest BCUT2D eigenvalue weighted by Gasteiger charge is 2.14. The van der Waals surface area contributed by atoms with Crippen LogP contribution in [0.15, 0.2) is 24.5 Å². The molecule has 0 spiro atoms. The zero-order valence-electron chi connectivity index (χ0n) is 11.5. The number of amides is 1. The van der Waals surface area contributed by atoms with Gasteiger partial charge in [-0.3, -0.25) is 4.79 Å². The monoisotopic (exact) mass is 274 g/mol. The minimum Gasteiger partial charge on any atom is -0.347 e. The predicted molar refractivity (Wildman–Crippen MR) is 75.9 cm³/mol. The maximum Gasteiger partial charge on any atom is 0.252 e. The number of aromatic nitrogens is 3. The van der Waals surface area contributed by atoms with Gasteiger partial charge in [-0.2, -0.15) is 0 Å². The second-order valence-corrected chi connectivity index (χ2v) is 4.40. The number of pyridine rings is 1. The molecular weight excluding hydrogens is 256 g/mol. The van der Waals surface area contributed by atoms with Crippen molar-refractivity contribution in [3.8, 4) is 0 Å². The Morgan fingerprint density at radius 3 is 2.90 bits per heavy atom. The van der Waals surface area contributed by atoms with E-state index < -0.39 is 0 Å². The second kappa shape index (κ2) is 6.16. The summed E-state index contributed by atoms with van der Waals surface area (Å²) in [6.07, 6.45) is 4.09. The van der Waals surface area contributed by atoms with Crippen LogP contribution in [0.5, 0.6) is 0 Å². The maximum atomic E-state index is 12.2. The van der Waals surface area contributed by atoms with E-state index in [1.165, 1.54) is 0 Å². The molecular formula is C13H18N6O. The SMILES string of the molecule is CCc1cc(C(=O)NC(C)c2ncc[nH]2)cc(NN)n1. The molecule has 1 amide bonds. The van der Waals surface area contributed by atoms with Crippen molar-refractivity contribution in [3.63, 3.8) is 0 Å². The number of aromatic amines is 1. The summed E-state index contributed by atoms with van der Waals surface area (Å²) in [5, 5.41) is 2.87. The highest BCUT2D eigenvalue weighted by atomic mass is 16.1. The number of carbonyl (C=O) groups is 1. The quantitative estimate of drug-likeness (QED) is 0.483. The standard InChI is InChI=1S/C13H18N6O/c1-3-10-6-9(7-11(18-10)19-14)13(20)17-8(2)12-15-4-5-16-12/h4-8H,3,14H2,1-2H3,(H,15,16)(H,17,20)(H,18,19). The van der Waals surface area contributed by atoms with E-state index in [2.05, 4.69) is 25.7 Å². The Hall–Kier alpha value is -2.41. The van der Waals surface area contributed by atoms with Crippen molar-refractivity contribution in [2.24, 2.45) is 5.84 Å². The normalized spacial score (nSPS) is 11.9. The van der Waals surface area contributed by atoms with E-state index in [1.54, 1.807) is 24.5 Å². The molecule has 0 bridgehead atoms. The smallest absolute Gasteiger partial charge is 0.252 e. The lowest BCUT2D eigenvalue weighted by molar-refractivity contribution is 0.0938. The molecule has 106 valence electrons. The molecule has 2 aromatic rings. The molecule has 0 aliphatic heterocycles. The average molecular weight is 274 g/mol. The Morgan fingerprint density at radius 1 is 1.50 bits per heavy atom. The number of aryl methyl sites for hydroxylation is 1.